The molecule has 3 nitrogen and oxygen atoms in total. The minimum absolute atomic E-state index is 0.153. The average molecular weight is 155 g/mol. The van der Waals surface area contributed by atoms with Crippen molar-refractivity contribution in [2.24, 2.45) is 0 Å². The Morgan fingerprint density at radius 3 is 2.73 bits per heavy atom. The summed E-state index contributed by atoms with van der Waals surface area (Å²) in [6, 6.07) is 0. The molecule has 1 N–H and O–H groups in total. The molecule has 63 valence electrons. The lowest BCUT2D eigenvalue weighted by Gasteiger charge is -2.40. The van der Waals surface area contributed by atoms with Crippen LogP contribution in [0.1, 0.15) is 12.8 Å². The number of nitrogens with one attached hydrogen (secondary N) is 1. The molecular weight excluding hydrogens is 140 g/mol. The van der Waals surface area contributed by atoms with E-state index in [1.54, 1.807) is 0 Å². The standard InChI is InChI=1S/C8H15N2O/c1-3-9-4-2-8(1)7-10-5-6-11-8/h10H,1-7H2. The molecular formula is C8H15N2O. The molecule has 2 heterocycles. The maximum Gasteiger partial charge on any atom is 0.0832 e. The lowest BCUT2D eigenvalue weighted by atomic mass is 9.91. The smallest absolute Gasteiger partial charge is 0.0832 e. The first-order valence-electron chi connectivity index (χ1n) is 4.39. The van der Waals surface area contributed by atoms with Crippen LogP contribution < -0.4 is 10.6 Å². The molecule has 0 unspecified atom stereocenters. The molecule has 1 spiro atoms. The monoisotopic (exact) mass is 155 g/mol. The summed E-state index contributed by atoms with van der Waals surface area (Å²) >= 11 is 0. The van der Waals surface area contributed by atoms with Gasteiger partial charge in [0.25, 0.3) is 0 Å². The quantitative estimate of drug-likeness (QED) is 0.523. The second kappa shape index (κ2) is 3.09. The summed E-state index contributed by atoms with van der Waals surface area (Å²) in [5, 5.41) is 7.70. The lowest BCUT2D eigenvalue weighted by Crippen LogP contribution is -2.53. The third-order valence-corrected chi connectivity index (χ3v) is 2.59. The van der Waals surface area contributed by atoms with Gasteiger partial charge in [-0.1, -0.05) is 0 Å². The Bertz CT molecular complexity index is 107. The van der Waals surface area contributed by atoms with Gasteiger partial charge in [-0.05, 0) is 12.8 Å². The van der Waals surface area contributed by atoms with Crippen LogP contribution in [0.2, 0.25) is 0 Å². The minimum Gasteiger partial charge on any atom is -0.372 e. The number of hydrogen-bond acceptors (Lipinski definition) is 2. The van der Waals surface area contributed by atoms with Crippen LogP contribution in [-0.2, 0) is 4.74 Å². The van der Waals surface area contributed by atoms with Crippen molar-refractivity contribution in [1.29, 1.82) is 0 Å². The van der Waals surface area contributed by atoms with E-state index in [1.165, 1.54) is 0 Å². The second-order valence-corrected chi connectivity index (χ2v) is 3.38. The van der Waals surface area contributed by atoms with E-state index < -0.39 is 0 Å². The van der Waals surface area contributed by atoms with E-state index in [4.69, 9.17) is 4.74 Å². The largest absolute Gasteiger partial charge is 0.372 e. The normalized spacial score (nSPS) is 30.5. The van der Waals surface area contributed by atoms with Gasteiger partial charge in [-0.3, -0.25) is 0 Å². The molecule has 1 radical (unpaired) electrons. The van der Waals surface area contributed by atoms with Gasteiger partial charge in [-0.2, -0.15) is 0 Å². The highest BCUT2D eigenvalue weighted by molar-refractivity contribution is 4.90. The molecule has 2 aliphatic rings. The van der Waals surface area contributed by atoms with Crippen LogP contribution in [-0.4, -0.2) is 38.4 Å². The van der Waals surface area contributed by atoms with Gasteiger partial charge in [0, 0.05) is 26.2 Å². The first-order chi connectivity index (χ1) is 5.41. The summed E-state index contributed by atoms with van der Waals surface area (Å²) in [5.74, 6) is 0. The summed E-state index contributed by atoms with van der Waals surface area (Å²) in [4.78, 5) is 0. The Morgan fingerprint density at radius 2 is 2.09 bits per heavy atom. The second-order valence-electron chi connectivity index (χ2n) is 3.38. The maximum atomic E-state index is 5.78. The third kappa shape index (κ3) is 1.55. The fourth-order valence-electron chi connectivity index (χ4n) is 1.83. The molecule has 11 heavy (non-hydrogen) atoms. The van der Waals surface area contributed by atoms with Gasteiger partial charge in [0.05, 0.1) is 12.2 Å². The number of nitrogens with zero attached hydrogens (tertiary/aromatic N) is 1. The predicted octanol–water partition coefficient (Wildman–Crippen LogP) is -0.257. The summed E-state index contributed by atoms with van der Waals surface area (Å²) in [6.07, 6.45) is 2.22. The van der Waals surface area contributed by atoms with E-state index in [0.29, 0.717) is 0 Å². The van der Waals surface area contributed by atoms with Gasteiger partial charge >= 0.3 is 0 Å². The summed E-state index contributed by atoms with van der Waals surface area (Å²) in [6.45, 7) is 4.89. The van der Waals surface area contributed by atoms with Crippen LogP contribution in [0.25, 0.3) is 0 Å². The zero-order chi connectivity index (χ0) is 7.57. The van der Waals surface area contributed by atoms with Crippen LogP contribution in [0, 0.1) is 0 Å². The first-order valence-corrected chi connectivity index (χ1v) is 4.39. The Kier molecular flexibility index (Phi) is 2.11. The minimum atomic E-state index is 0.153. The Balaban J connectivity index is 1.94. The topological polar surface area (TPSA) is 35.4 Å². The zero-order valence-electron chi connectivity index (χ0n) is 6.81. The Hall–Kier alpha value is -0.120. The number of rotatable bonds is 0. The van der Waals surface area contributed by atoms with Crippen molar-refractivity contribution < 1.29 is 4.74 Å². The fraction of sp³-hybridized carbons (Fsp3) is 1.00. The van der Waals surface area contributed by atoms with Gasteiger partial charge < -0.3 is 10.1 Å². The van der Waals surface area contributed by atoms with Crippen molar-refractivity contribution in [3.8, 4) is 0 Å². The van der Waals surface area contributed by atoms with Crippen LogP contribution in [0.4, 0.5) is 0 Å². The molecule has 3 heteroatoms. The van der Waals surface area contributed by atoms with Crippen molar-refractivity contribution in [3.05, 3.63) is 0 Å². The predicted molar refractivity (Wildman–Crippen MR) is 42.7 cm³/mol. The molecule has 2 fully saturated rings. The number of piperidine rings is 1. The molecule has 0 aliphatic carbocycles. The van der Waals surface area contributed by atoms with E-state index in [2.05, 4.69) is 10.6 Å². The SMILES string of the molecule is C1CC2(CC[N]1)CNCCO2. The van der Waals surface area contributed by atoms with E-state index in [-0.39, 0.29) is 5.60 Å². The van der Waals surface area contributed by atoms with Crippen molar-refractivity contribution in [3.63, 3.8) is 0 Å². The molecule has 0 aromatic rings. The highest BCUT2D eigenvalue weighted by Crippen LogP contribution is 2.24. The lowest BCUT2D eigenvalue weighted by molar-refractivity contribution is -0.0837. The number of ether oxygens (including phenoxy) is 1. The fourth-order valence-corrected chi connectivity index (χ4v) is 1.83. The molecule has 0 bridgehead atoms. The summed E-state index contributed by atoms with van der Waals surface area (Å²) in [7, 11) is 0. The van der Waals surface area contributed by atoms with E-state index in [9.17, 15) is 0 Å². The highest BCUT2D eigenvalue weighted by atomic mass is 16.5. The Morgan fingerprint density at radius 1 is 1.27 bits per heavy atom. The molecule has 2 aliphatic heterocycles. The zero-order valence-corrected chi connectivity index (χ0v) is 6.81. The highest BCUT2D eigenvalue weighted by Gasteiger charge is 2.34. The van der Waals surface area contributed by atoms with Crippen LogP contribution in [0.15, 0.2) is 0 Å². The van der Waals surface area contributed by atoms with Gasteiger partial charge in [0.1, 0.15) is 0 Å². The molecule has 0 aromatic heterocycles. The molecule has 0 atom stereocenters. The summed E-state index contributed by atoms with van der Waals surface area (Å²) < 4.78 is 5.78. The van der Waals surface area contributed by atoms with E-state index in [1.807, 2.05) is 0 Å². The number of morpholine rings is 1. The molecule has 0 amide bonds. The van der Waals surface area contributed by atoms with E-state index >= 15 is 0 Å². The molecule has 2 saturated heterocycles. The van der Waals surface area contributed by atoms with Crippen molar-refractivity contribution >= 4 is 0 Å². The Labute approximate surface area is 67.5 Å². The maximum absolute atomic E-state index is 5.78. The van der Waals surface area contributed by atoms with Crippen LogP contribution in [0.5, 0.6) is 0 Å². The first kappa shape index (κ1) is 7.53. The molecule has 0 saturated carbocycles. The van der Waals surface area contributed by atoms with Gasteiger partial charge in [-0.25, -0.2) is 5.32 Å². The van der Waals surface area contributed by atoms with Crippen molar-refractivity contribution in [1.82, 2.24) is 10.6 Å². The van der Waals surface area contributed by atoms with Crippen LogP contribution >= 0.6 is 0 Å². The van der Waals surface area contributed by atoms with Crippen molar-refractivity contribution in [2.75, 3.05) is 32.8 Å². The average Bonchev–Trinajstić information content (AvgIpc) is 2.07. The van der Waals surface area contributed by atoms with Gasteiger partial charge in [0.2, 0.25) is 0 Å². The van der Waals surface area contributed by atoms with Gasteiger partial charge in [-0.15, -0.1) is 0 Å². The van der Waals surface area contributed by atoms with Crippen LogP contribution in [0.3, 0.4) is 0 Å². The molecule has 2 rings (SSSR count). The summed E-state index contributed by atoms with van der Waals surface area (Å²) in [5.41, 5.74) is 0.153. The molecule has 0 aromatic carbocycles. The third-order valence-electron chi connectivity index (χ3n) is 2.59. The number of hydrogen-bond donors (Lipinski definition) is 1. The van der Waals surface area contributed by atoms with E-state index in [0.717, 1.165) is 45.6 Å². The van der Waals surface area contributed by atoms with Gasteiger partial charge in [0.15, 0.2) is 0 Å². The van der Waals surface area contributed by atoms with Crippen molar-refractivity contribution in [2.45, 2.75) is 18.4 Å².